The van der Waals surface area contributed by atoms with Gasteiger partial charge in [0.2, 0.25) is 5.91 Å². The molecule has 90 valence electrons. The maximum absolute atomic E-state index is 11.3. The minimum absolute atomic E-state index is 0.122. The molecule has 0 aromatic carbocycles. The van der Waals surface area contributed by atoms with E-state index in [1.165, 1.54) is 4.90 Å². The van der Waals surface area contributed by atoms with E-state index in [9.17, 15) is 14.4 Å². The van der Waals surface area contributed by atoms with E-state index in [1.807, 2.05) is 0 Å². The van der Waals surface area contributed by atoms with Crippen molar-refractivity contribution in [3.05, 3.63) is 0 Å². The van der Waals surface area contributed by atoms with E-state index in [1.54, 1.807) is 14.1 Å². The molecule has 0 aromatic heterocycles. The van der Waals surface area contributed by atoms with Crippen LogP contribution in [0.25, 0.3) is 0 Å². The third-order valence-electron chi connectivity index (χ3n) is 2.37. The summed E-state index contributed by atoms with van der Waals surface area (Å²) in [6.07, 6.45) is -0.938. The first-order chi connectivity index (χ1) is 7.43. The lowest BCUT2D eigenvalue weighted by Gasteiger charge is -2.17. The highest BCUT2D eigenvalue weighted by Crippen LogP contribution is 2.16. The first-order valence-corrected chi connectivity index (χ1v) is 4.80. The molecule has 1 unspecified atom stereocenters. The number of ether oxygens (including phenoxy) is 1. The number of rotatable bonds is 3. The van der Waals surface area contributed by atoms with E-state index in [0.29, 0.717) is 0 Å². The van der Waals surface area contributed by atoms with Crippen LogP contribution in [0.4, 0.5) is 4.79 Å². The molecule has 16 heavy (non-hydrogen) atoms. The molecule has 1 atom stereocenters. The Morgan fingerprint density at radius 1 is 1.56 bits per heavy atom. The SMILES string of the molecule is CN(C)C(=O)CCC1C(=O)OCN1C(=O)O. The number of nitrogens with zero attached hydrogens (tertiary/aromatic N) is 2. The van der Waals surface area contributed by atoms with Crippen molar-refractivity contribution in [1.82, 2.24) is 9.80 Å². The van der Waals surface area contributed by atoms with Gasteiger partial charge in [-0.3, -0.25) is 9.69 Å². The Bertz CT molecular complexity index is 315. The van der Waals surface area contributed by atoms with Crippen molar-refractivity contribution in [2.24, 2.45) is 0 Å². The number of carboxylic acid groups (broad SMARTS) is 1. The van der Waals surface area contributed by atoms with Crippen molar-refractivity contribution >= 4 is 18.0 Å². The predicted molar refractivity (Wildman–Crippen MR) is 52.5 cm³/mol. The van der Waals surface area contributed by atoms with Crippen LogP contribution in [0.5, 0.6) is 0 Å². The third-order valence-corrected chi connectivity index (χ3v) is 2.37. The molecule has 2 amide bonds. The summed E-state index contributed by atoms with van der Waals surface area (Å²) in [5.74, 6) is -0.737. The highest BCUT2D eigenvalue weighted by Gasteiger charge is 2.37. The van der Waals surface area contributed by atoms with Gasteiger partial charge >= 0.3 is 12.1 Å². The molecule has 1 rings (SSSR count). The summed E-state index contributed by atoms with van der Waals surface area (Å²) in [6, 6.07) is -0.860. The molecule has 1 saturated heterocycles. The van der Waals surface area contributed by atoms with Crippen LogP contribution in [0.1, 0.15) is 12.8 Å². The molecule has 7 nitrogen and oxygen atoms in total. The topological polar surface area (TPSA) is 87.2 Å². The second kappa shape index (κ2) is 4.82. The molecule has 1 aliphatic heterocycles. The fraction of sp³-hybridized carbons (Fsp3) is 0.667. The van der Waals surface area contributed by atoms with Crippen LogP contribution in [0.2, 0.25) is 0 Å². The van der Waals surface area contributed by atoms with Gasteiger partial charge in [0.25, 0.3) is 0 Å². The van der Waals surface area contributed by atoms with Crippen LogP contribution in [0.3, 0.4) is 0 Å². The van der Waals surface area contributed by atoms with Gasteiger partial charge in [0.15, 0.2) is 6.73 Å². The van der Waals surface area contributed by atoms with Crippen LogP contribution in [-0.4, -0.2) is 59.7 Å². The molecule has 0 aromatic rings. The second-order valence-electron chi connectivity index (χ2n) is 3.69. The number of carbonyl (C=O) groups is 3. The molecule has 1 heterocycles. The summed E-state index contributed by atoms with van der Waals surface area (Å²) < 4.78 is 4.61. The zero-order valence-electron chi connectivity index (χ0n) is 9.17. The Hall–Kier alpha value is -1.79. The third kappa shape index (κ3) is 2.62. The van der Waals surface area contributed by atoms with Crippen molar-refractivity contribution in [3.8, 4) is 0 Å². The zero-order valence-corrected chi connectivity index (χ0v) is 9.17. The van der Waals surface area contributed by atoms with Crippen LogP contribution >= 0.6 is 0 Å². The van der Waals surface area contributed by atoms with E-state index in [0.717, 1.165) is 4.90 Å². The van der Waals surface area contributed by atoms with Gasteiger partial charge in [0, 0.05) is 20.5 Å². The fourth-order valence-corrected chi connectivity index (χ4v) is 1.39. The van der Waals surface area contributed by atoms with E-state index in [4.69, 9.17) is 5.11 Å². The molecule has 1 fully saturated rings. The van der Waals surface area contributed by atoms with Crippen molar-refractivity contribution in [2.45, 2.75) is 18.9 Å². The summed E-state index contributed by atoms with van der Waals surface area (Å²) in [4.78, 5) is 35.5. The molecule has 0 spiro atoms. The van der Waals surface area contributed by atoms with Crippen LogP contribution < -0.4 is 0 Å². The van der Waals surface area contributed by atoms with Gasteiger partial charge in [-0.1, -0.05) is 0 Å². The maximum Gasteiger partial charge on any atom is 0.410 e. The van der Waals surface area contributed by atoms with Gasteiger partial charge in [-0.2, -0.15) is 0 Å². The van der Waals surface area contributed by atoms with Crippen LogP contribution in [0.15, 0.2) is 0 Å². The number of hydrogen-bond acceptors (Lipinski definition) is 4. The van der Waals surface area contributed by atoms with E-state index < -0.39 is 18.1 Å². The standard InChI is InChI=1S/C9H14N2O5/c1-10(2)7(12)4-3-6-8(13)16-5-11(6)9(14)15/h6H,3-5H2,1-2H3,(H,14,15). The minimum atomic E-state index is -1.21. The second-order valence-corrected chi connectivity index (χ2v) is 3.69. The Balaban J connectivity index is 2.54. The Kier molecular flexibility index (Phi) is 3.70. The molecule has 0 saturated carbocycles. The van der Waals surface area contributed by atoms with Crippen molar-refractivity contribution in [3.63, 3.8) is 0 Å². The van der Waals surface area contributed by atoms with Crippen LogP contribution in [0, 0.1) is 0 Å². The summed E-state index contributed by atoms with van der Waals surface area (Å²) in [7, 11) is 3.20. The van der Waals surface area contributed by atoms with Crippen LogP contribution in [-0.2, 0) is 14.3 Å². The number of hydrogen-bond donors (Lipinski definition) is 1. The van der Waals surface area contributed by atoms with Crippen molar-refractivity contribution in [2.75, 3.05) is 20.8 Å². The smallest absolute Gasteiger partial charge is 0.410 e. The largest absolute Gasteiger partial charge is 0.465 e. The van der Waals surface area contributed by atoms with E-state index in [-0.39, 0.29) is 25.5 Å². The first kappa shape index (κ1) is 12.3. The zero-order chi connectivity index (χ0) is 12.3. The summed E-state index contributed by atoms with van der Waals surface area (Å²) >= 11 is 0. The van der Waals surface area contributed by atoms with Gasteiger partial charge < -0.3 is 14.7 Å². The van der Waals surface area contributed by atoms with E-state index >= 15 is 0 Å². The Morgan fingerprint density at radius 2 is 2.19 bits per heavy atom. The summed E-state index contributed by atoms with van der Waals surface area (Å²) in [5, 5.41) is 8.77. The number of amides is 2. The number of carbonyl (C=O) groups excluding carboxylic acids is 2. The van der Waals surface area contributed by atoms with Gasteiger partial charge in [-0.15, -0.1) is 0 Å². The van der Waals surface area contributed by atoms with Gasteiger partial charge in [-0.05, 0) is 6.42 Å². The predicted octanol–water partition coefficient (Wildman–Crippen LogP) is -0.282. The molecule has 1 aliphatic rings. The fourth-order valence-electron chi connectivity index (χ4n) is 1.39. The average Bonchev–Trinajstić information content (AvgIpc) is 2.56. The molecule has 7 heteroatoms. The maximum atomic E-state index is 11.3. The average molecular weight is 230 g/mol. The molecule has 0 bridgehead atoms. The molecule has 1 N–H and O–H groups in total. The first-order valence-electron chi connectivity index (χ1n) is 4.80. The van der Waals surface area contributed by atoms with E-state index in [2.05, 4.69) is 4.74 Å². The van der Waals surface area contributed by atoms with Crippen molar-refractivity contribution in [1.29, 1.82) is 0 Å². The molecular formula is C9H14N2O5. The number of esters is 1. The quantitative estimate of drug-likeness (QED) is 0.673. The number of cyclic esters (lactones) is 1. The highest BCUT2D eigenvalue weighted by atomic mass is 16.6. The van der Waals surface area contributed by atoms with Gasteiger partial charge in [0.1, 0.15) is 6.04 Å². The Labute approximate surface area is 92.6 Å². The highest BCUT2D eigenvalue weighted by molar-refractivity contribution is 5.84. The van der Waals surface area contributed by atoms with Gasteiger partial charge in [-0.25, -0.2) is 9.59 Å². The van der Waals surface area contributed by atoms with Gasteiger partial charge in [0.05, 0.1) is 0 Å². The molecular weight excluding hydrogens is 216 g/mol. The van der Waals surface area contributed by atoms with Crippen molar-refractivity contribution < 1.29 is 24.2 Å². The lowest BCUT2D eigenvalue weighted by Crippen LogP contribution is -2.38. The monoisotopic (exact) mass is 230 g/mol. The molecule has 0 aliphatic carbocycles. The Morgan fingerprint density at radius 3 is 2.69 bits per heavy atom. The summed E-state index contributed by atoms with van der Waals surface area (Å²) in [6.45, 7) is -0.255. The summed E-state index contributed by atoms with van der Waals surface area (Å²) in [5.41, 5.74) is 0. The lowest BCUT2D eigenvalue weighted by atomic mass is 10.1. The normalized spacial score (nSPS) is 19.5. The molecule has 0 radical (unpaired) electrons. The lowest BCUT2D eigenvalue weighted by molar-refractivity contribution is -0.139. The minimum Gasteiger partial charge on any atom is -0.465 e.